The van der Waals surface area contributed by atoms with E-state index in [2.05, 4.69) is 15.0 Å². The summed E-state index contributed by atoms with van der Waals surface area (Å²) in [6.45, 7) is 2.47. The summed E-state index contributed by atoms with van der Waals surface area (Å²) in [5.74, 6) is -0.270. The monoisotopic (exact) mass is 329 g/mol. The van der Waals surface area contributed by atoms with E-state index in [-0.39, 0.29) is 15.6 Å². The Kier molecular flexibility index (Phi) is 4.64. The molecule has 0 unspecified atom stereocenters. The van der Waals surface area contributed by atoms with E-state index in [9.17, 15) is 12.8 Å². The number of nitrogens with one attached hydrogen (secondary N) is 2. The van der Waals surface area contributed by atoms with E-state index in [0.29, 0.717) is 12.4 Å². The van der Waals surface area contributed by atoms with Gasteiger partial charge in [-0.05, 0) is 25.1 Å². The number of aromatic nitrogens is 1. The van der Waals surface area contributed by atoms with Gasteiger partial charge in [0, 0.05) is 12.7 Å². The Bertz CT molecular complexity index is 753. The van der Waals surface area contributed by atoms with E-state index in [0.717, 1.165) is 12.3 Å². The van der Waals surface area contributed by atoms with Crippen molar-refractivity contribution in [3.8, 4) is 0 Å². The van der Waals surface area contributed by atoms with Crippen molar-refractivity contribution in [3.63, 3.8) is 0 Å². The molecule has 0 aliphatic carbocycles. The molecule has 0 fully saturated rings. The summed E-state index contributed by atoms with van der Waals surface area (Å²) in [5, 5.41) is 3.07. The van der Waals surface area contributed by atoms with Crippen molar-refractivity contribution in [1.29, 1.82) is 0 Å². The molecule has 0 spiro atoms. The van der Waals surface area contributed by atoms with Crippen LogP contribution in [-0.2, 0) is 10.0 Å². The number of anilines is 2. The van der Waals surface area contributed by atoms with E-state index in [4.69, 9.17) is 11.6 Å². The fraction of sp³-hybridized carbons (Fsp3) is 0.154. The van der Waals surface area contributed by atoms with Gasteiger partial charge in [-0.2, -0.15) is 0 Å². The van der Waals surface area contributed by atoms with Gasteiger partial charge in [-0.3, -0.25) is 4.72 Å². The minimum Gasteiger partial charge on any atom is -0.369 e. The van der Waals surface area contributed by atoms with Crippen LogP contribution in [0, 0.1) is 5.82 Å². The maximum Gasteiger partial charge on any atom is 0.263 e. The second kappa shape index (κ2) is 6.28. The van der Waals surface area contributed by atoms with Gasteiger partial charge in [0.05, 0.1) is 10.7 Å². The fourth-order valence-corrected chi connectivity index (χ4v) is 2.95. The lowest BCUT2D eigenvalue weighted by atomic mass is 10.3. The molecule has 0 saturated heterocycles. The first-order valence-electron chi connectivity index (χ1n) is 6.11. The summed E-state index contributed by atoms with van der Waals surface area (Å²) in [6.07, 6.45) is 1.16. The quantitative estimate of drug-likeness (QED) is 0.884. The predicted molar refractivity (Wildman–Crippen MR) is 80.6 cm³/mol. The molecule has 1 heterocycles. The van der Waals surface area contributed by atoms with Gasteiger partial charge in [0.25, 0.3) is 10.0 Å². The third-order valence-corrected chi connectivity index (χ3v) is 4.21. The Balaban J connectivity index is 2.32. The second-order valence-electron chi connectivity index (χ2n) is 4.12. The van der Waals surface area contributed by atoms with Crippen molar-refractivity contribution >= 4 is 33.1 Å². The maximum absolute atomic E-state index is 13.5. The van der Waals surface area contributed by atoms with E-state index < -0.39 is 15.8 Å². The number of hydrogen-bond acceptors (Lipinski definition) is 4. The molecule has 2 N–H and O–H groups in total. The Labute approximate surface area is 127 Å². The number of nitrogens with zero attached hydrogens (tertiary/aromatic N) is 1. The average Bonchev–Trinajstić information content (AvgIpc) is 2.43. The average molecular weight is 330 g/mol. The smallest absolute Gasteiger partial charge is 0.263 e. The molecular weight excluding hydrogens is 317 g/mol. The van der Waals surface area contributed by atoms with Crippen LogP contribution in [-0.4, -0.2) is 19.9 Å². The zero-order valence-corrected chi connectivity index (χ0v) is 12.7. The van der Waals surface area contributed by atoms with E-state index in [1.54, 1.807) is 0 Å². The summed E-state index contributed by atoms with van der Waals surface area (Å²) in [7, 11) is -3.95. The summed E-state index contributed by atoms with van der Waals surface area (Å²) < 4.78 is 40.0. The number of pyridine rings is 1. The first-order chi connectivity index (χ1) is 9.94. The molecule has 1 aromatic heterocycles. The lowest BCUT2D eigenvalue weighted by Gasteiger charge is -2.10. The molecule has 0 radical (unpaired) electrons. The van der Waals surface area contributed by atoms with Crippen molar-refractivity contribution in [2.24, 2.45) is 0 Å². The topological polar surface area (TPSA) is 71.1 Å². The molecule has 5 nitrogen and oxygen atoms in total. The van der Waals surface area contributed by atoms with E-state index >= 15 is 0 Å². The summed E-state index contributed by atoms with van der Waals surface area (Å²) in [6, 6.07) is 6.75. The van der Waals surface area contributed by atoms with Crippen LogP contribution in [0.4, 0.5) is 15.9 Å². The normalized spacial score (nSPS) is 11.2. The molecule has 2 aromatic rings. The van der Waals surface area contributed by atoms with Crippen LogP contribution in [0.2, 0.25) is 5.02 Å². The predicted octanol–water partition coefficient (Wildman–Crippen LogP) is 3.11. The van der Waals surface area contributed by atoms with Gasteiger partial charge >= 0.3 is 0 Å². The standard InChI is InChI=1S/C13H13ClFN3O2S/c1-2-16-13-10(14)7-9(8-17-13)21(19,20)18-12-6-4-3-5-11(12)15/h3-8,18H,2H2,1H3,(H,16,17). The minimum absolute atomic E-state index is 0.135. The Morgan fingerprint density at radius 1 is 1.33 bits per heavy atom. The van der Waals surface area contributed by atoms with Crippen LogP contribution >= 0.6 is 11.6 Å². The molecule has 0 aliphatic heterocycles. The third-order valence-electron chi connectivity index (χ3n) is 2.59. The number of hydrogen-bond donors (Lipinski definition) is 2. The molecular formula is C13H13ClFN3O2S. The number of para-hydroxylation sites is 1. The number of sulfonamides is 1. The van der Waals surface area contributed by atoms with Gasteiger partial charge in [-0.15, -0.1) is 0 Å². The zero-order valence-electron chi connectivity index (χ0n) is 11.1. The summed E-state index contributed by atoms with van der Waals surface area (Å²) in [4.78, 5) is 3.80. The summed E-state index contributed by atoms with van der Waals surface area (Å²) in [5.41, 5.74) is -0.135. The number of benzene rings is 1. The lowest BCUT2D eigenvalue weighted by molar-refractivity contribution is 0.598. The summed E-state index contributed by atoms with van der Waals surface area (Å²) >= 11 is 5.96. The van der Waals surface area contributed by atoms with Crippen molar-refractivity contribution in [1.82, 2.24) is 4.98 Å². The molecule has 1 aromatic carbocycles. The van der Waals surface area contributed by atoms with Crippen molar-refractivity contribution in [2.45, 2.75) is 11.8 Å². The molecule has 8 heteroatoms. The van der Waals surface area contributed by atoms with Crippen molar-refractivity contribution in [2.75, 3.05) is 16.6 Å². The van der Waals surface area contributed by atoms with Crippen LogP contribution in [0.1, 0.15) is 6.92 Å². The molecule has 0 aliphatic rings. The van der Waals surface area contributed by atoms with Gasteiger partial charge in [-0.25, -0.2) is 17.8 Å². The third kappa shape index (κ3) is 3.62. The van der Waals surface area contributed by atoms with Crippen LogP contribution in [0.25, 0.3) is 0 Å². The van der Waals surface area contributed by atoms with Crippen LogP contribution < -0.4 is 10.0 Å². The molecule has 2 rings (SSSR count). The van der Waals surface area contributed by atoms with Gasteiger partial charge in [0.2, 0.25) is 0 Å². The lowest BCUT2D eigenvalue weighted by Crippen LogP contribution is -2.14. The van der Waals surface area contributed by atoms with Crippen LogP contribution in [0.15, 0.2) is 41.4 Å². The zero-order chi connectivity index (χ0) is 15.5. The van der Waals surface area contributed by atoms with E-state index in [1.165, 1.54) is 24.3 Å². The molecule has 21 heavy (non-hydrogen) atoms. The van der Waals surface area contributed by atoms with Crippen molar-refractivity contribution < 1.29 is 12.8 Å². The molecule has 0 saturated carbocycles. The van der Waals surface area contributed by atoms with Crippen LogP contribution in [0.5, 0.6) is 0 Å². The molecule has 0 atom stereocenters. The first-order valence-corrected chi connectivity index (χ1v) is 7.97. The van der Waals surface area contributed by atoms with Gasteiger partial charge < -0.3 is 5.32 Å². The molecule has 0 amide bonds. The van der Waals surface area contributed by atoms with Crippen LogP contribution in [0.3, 0.4) is 0 Å². The minimum atomic E-state index is -3.95. The fourth-order valence-electron chi connectivity index (χ4n) is 1.61. The Hall–Kier alpha value is -1.86. The maximum atomic E-state index is 13.5. The largest absolute Gasteiger partial charge is 0.369 e. The van der Waals surface area contributed by atoms with Gasteiger partial charge in [-0.1, -0.05) is 23.7 Å². The number of halogens is 2. The highest BCUT2D eigenvalue weighted by atomic mass is 35.5. The highest BCUT2D eigenvalue weighted by Crippen LogP contribution is 2.24. The van der Waals surface area contributed by atoms with Gasteiger partial charge in [0.15, 0.2) is 0 Å². The molecule has 0 bridgehead atoms. The van der Waals surface area contributed by atoms with Gasteiger partial charge in [0.1, 0.15) is 16.5 Å². The Morgan fingerprint density at radius 3 is 2.67 bits per heavy atom. The van der Waals surface area contributed by atoms with E-state index in [1.807, 2.05) is 6.92 Å². The second-order valence-corrected chi connectivity index (χ2v) is 6.21. The first kappa shape index (κ1) is 15.5. The Morgan fingerprint density at radius 2 is 2.05 bits per heavy atom. The highest BCUT2D eigenvalue weighted by molar-refractivity contribution is 7.92. The molecule has 112 valence electrons. The SMILES string of the molecule is CCNc1ncc(S(=O)(=O)Nc2ccccc2F)cc1Cl. The van der Waals surface area contributed by atoms with Crippen molar-refractivity contribution in [3.05, 3.63) is 47.4 Å². The highest BCUT2D eigenvalue weighted by Gasteiger charge is 2.18. The number of rotatable bonds is 5.